The van der Waals surface area contributed by atoms with E-state index in [4.69, 9.17) is 4.74 Å². The van der Waals surface area contributed by atoms with E-state index >= 15 is 0 Å². The minimum atomic E-state index is -1.16. The summed E-state index contributed by atoms with van der Waals surface area (Å²) in [6, 6.07) is 4.61. The zero-order valence-corrected chi connectivity index (χ0v) is 17.1. The molecule has 1 N–H and O–H groups in total. The van der Waals surface area contributed by atoms with Crippen LogP contribution in [0.25, 0.3) is 0 Å². The Morgan fingerprint density at radius 2 is 1.78 bits per heavy atom. The molecule has 2 aliphatic heterocycles. The molecule has 1 aromatic rings. The molecule has 5 rings (SSSR count). The molecule has 0 bridgehead atoms. The Morgan fingerprint density at radius 3 is 2.50 bits per heavy atom. The average Bonchev–Trinajstić information content (AvgIpc) is 3.09. The van der Waals surface area contributed by atoms with Crippen LogP contribution < -0.4 is 4.90 Å². The number of hydrogen-bond donors (Lipinski definition) is 1. The first-order valence-electron chi connectivity index (χ1n) is 10.2. The van der Waals surface area contributed by atoms with Gasteiger partial charge in [-0.1, -0.05) is 29.9 Å². The van der Waals surface area contributed by atoms with E-state index in [1.165, 1.54) is 18.2 Å². The fourth-order valence-corrected chi connectivity index (χ4v) is 4.83. The largest absolute Gasteiger partial charge is 0.489 e. The maximum Gasteiger partial charge on any atom is 0.336 e. The highest BCUT2D eigenvalue weighted by Crippen LogP contribution is 2.49. The average molecular weight is 429 g/mol. The van der Waals surface area contributed by atoms with Gasteiger partial charge < -0.3 is 9.84 Å². The Bertz CT molecular complexity index is 1210. The number of ketones is 1. The van der Waals surface area contributed by atoms with Crippen molar-refractivity contribution >= 4 is 29.3 Å². The lowest BCUT2D eigenvalue weighted by molar-refractivity contribution is -0.120. The number of rotatable bonds is 3. The number of nitrogens with zero attached hydrogens (tertiary/aromatic N) is 1. The number of benzene rings is 1. The van der Waals surface area contributed by atoms with Gasteiger partial charge in [0.05, 0.1) is 11.3 Å². The first-order chi connectivity index (χ1) is 15.3. The number of ether oxygens (including phenoxy) is 1. The van der Waals surface area contributed by atoms with Crippen LogP contribution in [0, 0.1) is 11.8 Å². The summed E-state index contributed by atoms with van der Waals surface area (Å²) in [5.74, 6) is -2.63. The molecular formula is C25H19NO6. The minimum Gasteiger partial charge on any atom is -0.489 e. The van der Waals surface area contributed by atoms with Crippen LogP contribution in [0.5, 0.6) is 0 Å². The second kappa shape index (κ2) is 7.30. The van der Waals surface area contributed by atoms with Gasteiger partial charge in [-0.2, -0.15) is 0 Å². The molecule has 160 valence electrons. The molecule has 32 heavy (non-hydrogen) atoms. The van der Waals surface area contributed by atoms with E-state index in [9.17, 15) is 24.3 Å². The van der Waals surface area contributed by atoms with Gasteiger partial charge in [0.15, 0.2) is 5.78 Å². The van der Waals surface area contributed by atoms with Gasteiger partial charge in [-0.3, -0.25) is 14.4 Å². The minimum absolute atomic E-state index is 0.00461. The van der Waals surface area contributed by atoms with Crippen LogP contribution in [0.3, 0.4) is 0 Å². The zero-order valence-electron chi connectivity index (χ0n) is 17.1. The van der Waals surface area contributed by atoms with Gasteiger partial charge in [0.1, 0.15) is 11.9 Å². The van der Waals surface area contributed by atoms with Crippen molar-refractivity contribution in [2.45, 2.75) is 18.9 Å². The Labute approximate surface area is 183 Å². The smallest absolute Gasteiger partial charge is 0.336 e. The van der Waals surface area contributed by atoms with Crippen molar-refractivity contribution in [3.63, 3.8) is 0 Å². The van der Waals surface area contributed by atoms with Gasteiger partial charge in [0, 0.05) is 36.0 Å². The molecule has 4 atom stereocenters. The lowest BCUT2D eigenvalue weighted by atomic mass is 9.68. The summed E-state index contributed by atoms with van der Waals surface area (Å²) >= 11 is 0. The lowest BCUT2D eigenvalue weighted by Crippen LogP contribution is -2.40. The molecule has 4 aliphatic rings. The molecule has 7 heteroatoms. The maximum absolute atomic E-state index is 12.3. The van der Waals surface area contributed by atoms with E-state index in [1.807, 2.05) is 25.2 Å². The molecule has 0 aromatic heterocycles. The molecule has 4 unspecified atom stereocenters. The van der Waals surface area contributed by atoms with Gasteiger partial charge in [-0.05, 0) is 36.8 Å². The van der Waals surface area contributed by atoms with Gasteiger partial charge in [0.25, 0.3) is 11.8 Å². The van der Waals surface area contributed by atoms with Gasteiger partial charge in [0.2, 0.25) is 0 Å². The number of aromatic carboxylic acids is 1. The van der Waals surface area contributed by atoms with Gasteiger partial charge in [-0.25, -0.2) is 9.69 Å². The Kier molecular flexibility index (Phi) is 4.55. The Balaban J connectivity index is 1.64. The number of allylic oxidation sites excluding steroid dienone is 5. The summed E-state index contributed by atoms with van der Waals surface area (Å²) in [6.45, 7) is 1.95. The molecule has 0 spiro atoms. The number of carbonyl (C=O) groups excluding carboxylic acids is 3. The Morgan fingerprint density at radius 1 is 1.03 bits per heavy atom. The summed E-state index contributed by atoms with van der Waals surface area (Å²) in [5.41, 5.74) is 1.79. The summed E-state index contributed by atoms with van der Waals surface area (Å²) in [4.78, 5) is 49.3. The predicted molar refractivity (Wildman–Crippen MR) is 115 cm³/mol. The molecular weight excluding hydrogens is 410 g/mol. The van der Waals surface area contributed by atoms with Crippen molar-refractivity contribution in [1.82, 2.24) is 0 Å². The monoisotopic (exact) mass is 429 g/mol. The van der Waals surface area contributed by atoms with Crippen molar-refractivity contribution in [2.75, 3.05) is 4.90 Å². The third-order valence-electron chi connectivity index (χ3n) is 6.24. The van der Waals surface area contributed by atoms with Crippen LogP contribution in [0.2, 0.25) is 0 Å². The number of amides is 2. The number of anilines is 1. The van der Waals surface area contributed by atoms with Gasteiger partial charge in [-0.15, -0.1) is 0 Å². The number of fused-ring (bicyclic) bond motifs is 2. The van der Waals surface area contributed by atoms with Crippen LogP contribution in [0.4, 0.5) is 5.69 Å². The molecule has 1 saturated heterocycles. The third-order valence-corrected chi connectivity index (χ3v) is 6.24. The quantitative estimate of drug-likeness (QED) is 0.741. The van der Waals surface area contributed by atoms with Crippen LogP contribution in [-0.4, -0.2) is 34.8 Å². The first-order valence-corrected chi connectivity index (χ1v) is 10.2. The topological polar surface area (TPSA) is 101 Å². The molecule has 2 aliphatic carbocycles. The predicted octanol–water partition coefficient (Wildman–Crippen LogP) is 3.07. The van der Waals surface area contributed by atoms with Crippen molar-refractivity contribution in [1.29, 1.82) is 0 Å². The van der Waals surface area contributed by atoms with Gasteiger partial charge >= 0.3 is 5.97 Å². The number of imide groups is 1. The lowest BCUT2D eigenvalue weighted by Gasteiger charge is -2.44. The zero-order chi connectivity index (χ0) is 22.6. The van der Waals surface area contributed by atoms with E-state index in [0.717, 1.165) is 22.6 Å². The first kappa shape index (κ1) is 19.9. The van der Waals surface area contributed by atoms with Crippen LogP contribution in [0.15, 0.2) is 78.1 Å². The van der Waals surface area contributed by atoms with Crippen LogP contribution in [-0.2, 0) is 19.1 Å². The van der Waals surface area contributed by atoms with Crippen LogP contribution >= 0.6 is 0 Å². The number of carboxylic acid groups (broad SMARTS) is 1. The fraction of sp³-hybridized carbons (Fsp3) is 0.200. The summed E-state index contributed by atoms with van der Waals surface area (Å²) in [6.07, 6.45) is 12.6. The third kappa shape index (κ3) is 3.13. The van der Waals surface area contributed by atoms with Crippen LogP contribution in [0.1, 0.15) is 28.8 Å². The number of carbonyl (C=O) groups is 4. The van der Waals surface area contributed by atoms with E-state index in [0.29, 0.717) is 11.3 Å². The maximum atomic E-state index is 12.3. The van der Waals surface area contributed by atoms with E-state index < -0.39 is 17.8 Å². The molecule has 1 aromatic carbocycles. The van der Waals surface area contributed by atoms with E-state index in [1.54, 1.807) is 18.2 Å². The molecule has 7 nitrogen and oxygen atoms in total. The van der Waals surface area contributed by atoms with E-state index in [2.05, 4.69) is 0 Å². The SMILES string of the molecule is CC1=CC2OC3=CC(=O)C=CC3C(c3ccc(N4C(=O)C=CC4=O)cc3C(=O)O)C2C=C1. The molecule has 2 amide bonds. The molecule has 0 saturated carbocycles. The normalized spacial score (nSPS) is 28.2. The highest BCUT2D eigenvalue weighted by molar-refractivity contribution is 6.28. The fourth-order valence-electron chi connectivity index (χ4n) is 4.83. The summed E-state index contributed by atoms with van der Waals surface area (Å²) in [7, 11) is 0. The molecule has 2 heterocycles. The number of hydrogen-bond acceptors (Lipinski definition) is 5. The Hall–Kier alpha value is -4.00. The van der Waals surface area contributed by atoms with Crippen molar-refractivity contribution in [3.8, 4) is 0 Å². The molecule has 0 radical (unpaired) electrons. The summed E-state index contributed by atoms with van der Waals surface area (Å²) < 4.78 is 6.13. The highest BCUT2D eigenvalue weighted by atomic mass is 16.5. The summed E-state index contributed by atoms with van der Waals surface area (Å²) in [5, 5.41) is 10.0. The van der Waals surface area contributed by atoms with Crippen molar-refractivity contribution in [2.24, 2.45) is 11.8 Å². The van der Waals surface area contributed by atoms with Crippen molar-refractivity contribution < 1.29 is 29.0 Å². The van der Waals surface area contributed by atoms with Crippen molar-refractivity contribution in [3.05, 3.63) is 89.3 Å². The second-order valence-corrected chi connectivity index (χ2v) is 8.21. The second-order valence-electron chi connectivity index (χ2n) is 8.21. The van der Waals surface area contributed by atoms with E-state index in [-0.39, 0.29) is 40.9 Å². The number of carboxylic acids is 1. The highest BCUT2D eigenvalue weighted by Gasteiger charge is 2.44. The molecule has 1 fully saturated rings. The standard InChI is InChI=1S/C25H19NO6/c1-13-2-5-17-20(10-13)32-21-12-15(27)4-7-18(21)24(17)16-6-3-14(11-19(16)25(30)31)26-22(28)8-9-23(26)29/h2-12,17-18,20,24H,1H3,(H,30,31).